The van der Waals surface area contributed by atoms with Crippen LogP contribution in [0.25, 0.3) is 0 Å². The highest BCUT2D eigenvalue weighted by atomic mass is 16.3. The van der Waals surface area contributed by atoms with Crippen LogP contribution in [0.1, 0.15) is 25.6 Å². The van der Waals surface area contributed by atoms with E-state index in [2.05, 4.69) is 28.4 Å². The normalized spacial score (nSPS) is 21.2. The van der Waals surface area contributed by atoms with Gasteiger partial charge in [0.15, 0.2) is 0 Å². The molecule has 0 bridgehead atoms. The number of hydrogen-bond acceptors (Lipinski definition) is 3. The first kappa shape index (κ1) is 11.6. The van der Waals surface area contributed by atoms with Gasteiger partial charge in [-0.15, -0.1) is 0 Å². The molecule has 0 saturated carbocycles. The van der Waals surface area contributed by atoms with E-state index < -0.39 is 5.60 Å². The van der Waals surface area contributed by atoms with Crippen LogP contribution in [0.2, 0.25) is 0 Å². The van der Waals surface area contributed by atoms with E-state index in [1.165, 1.54) is 0 Å². The minimum Gasteiger partial charge on any atom is -0.389 e. The van der Waals surface area contributed by atoms with E-state index in [0.29, 0.717) is 6.42 Å². The van der Waals surface area contributed by atoms with Gasteiger partial charge in [0.1, 0.15) is 5.82 Å². The first-order valence-corrected chi connectivity index (χ1v) is 6.04. The van der Waals surface area contributed by atoms with Gasteiger partial charge in [-0.2, -0.15) is 0 Å². The van der Waals surface area contributed by atoms with E-state index >= 15 is 0 Å². The van der Waals surface area contributed by atoms with E-state index in [0.717, 1.165) is 38.3 Å². The van der Waals surface area contributed by atoms with Crippen LogP contribution in [0, 0.1) is 0 Å². The summed E-state index contributed by atoms with van der Waals surface area (Å²) in [5, 5.41) is 10.5. The maximum atomic E-state index is 10.5. The second-order valence-electron chi connectivity index (χ2n) is 4.83. The largest absolute Gasteiger partial charge is 0.389 e. The molecule has 90 valence electrons. The Morgan fingerprint density at radius 1 is 1.44 bits per heavy atom. The molecule has 0 unspecified atom stereocenters. The zero-order valence-corrected chi connectivity index (χ0v) is 10.2. The minimum absolute atomic E-state index is 0.551. The standard InChI is InChI=1S/C12H21N3O/c1-3-15-9-6-13-11(15)10-12(16)4-7-14(2)8-5-12/h6,9,16H,3-5,7-8,10H2,1-2H3. The highest BCUT2D eigenvalue weighted by Gasteiger charge is 2.32. The molecule has 1 aliphatic heterocycles. The molecule has 1 saturated heterocycles. The van der Waals surface area contributed by atoms with Crippen LogP contribution in [0.3, 0.4) is 0 Å². The van der Waals surface area contributed by atoms with Crippen LogP contribution in [-0.4, -0.2) is 45.3 Å². The molecule has 1 aliphatic rings. The van der Waals surface area contributed by atoms with Gasteiger partial charge >= 0.3 is 0 Å². The van der Waals surface area contributed by atoms with Crippen molar-refractivity contribution in [3.05, 3.63) is 18.2 Å². The highest BCUT2D eigenvalue weighted by molar-refractivity contribution is 5.00. The molecule has 0 radical (unpaired) electrons. The Balaban J connectivity index is 2.03. The average Bonchev–Trinajstić information content (AvgIpc) is 2.70. The fraction of sp³-hybridized carbons (Fsp3) is 0.750. The zero-order chi connectivity index (χ0) is 11.6. The van der Waals surface area contributed by atoms with Crippen molar-refractivity contribution in [1.29, 1.82) is 0 Å². The molecule has 0 amide bonds. The van der Waals surface area contributed by atoms with Crippen LogP contribution in [0.5, 0.6) is 0 Å². The number of piperidine rings is 1. The van der Waals surface area contributed by atoms with Crippen molar-refractivity contribution in [2.45, 2.75) is 38.3 Å². The van der Waals surface area contributed by atoms with Crippen molar-refractivity contribution in [3.63, 3.8) is 0 Å². The quantitative estimate of drug-likeness (QED) is 0.828. The number of likely N-dealkylation sites (tertiary alicyclic amines) is 1. The van der Waals surface area contributed by atoms with Gasteiger partial charge in [0.2, 0.25) is 0 Å². The van der Waals surface area contributed by atoms with E-state index in [9.17, 15) is 5.11 Å². The topological polar surface area (TPSA) is 41.3 Å². The predicted octanol–water partition coefficient (Wildman–Crippen LogP) is 0.902. The van der Waals surface area contributed by atoms with Gasteiger partial charge in [0.05, 0.1) is 5.60 Å². The third-order valence-corrected chi connectivity index (χ3v) is 3.55. The van der Waals surface area contributed by atoms with Crippen LogP contribution >= 0.6 is 0 Å². The lowest BCUT2D eigenvalue weighted by Gasteiger charge is -2.36. The van der Waals surface area contributed by atoms with Crippen molar-refractivity contribution < 1.29 is 5.11 Å². The first-order valence-electron chi connectivity index (χ1n) is 6.04. The van der Waals surface area contributed by atoms with Crippen LogP contribution < -0.4 is 0 Å². The van der Waals surface area contributed by atoms with Gasteiger partial charge in [0, 0.05) is 38.4 Å². The molecule has 0 aliphatic carbocycles. The maximum Gasteiger partial charge on any atom is 0.111 e. The van der Waals surface area contributed by atoms with Crippen molar-refractivity contribution in [3.8, 4) is 0 Å². The summed E-state index contributed by atoms with van der Waals surface area (Å²) in [4.78, 5) is 6.60. The molecular weight excluding hydrogens is 202 g/mol. The SMILES string of the molecule is CCn1ccnc1CC1(O)CCN(C)CC1. The van der Waals surface area contributed by atoms with E-state index in [1.54, 1.807) is 0 Å². The highest BCUT2D eigenvalue weighted by Crippen LogP contribution is 2.25. The number of aromatic nitrogens is 2. The second kappa shape index (κ2) is 4.55. The van der Waals surface area contributed by atoms with Crippen molar-refractivity contribution >= 4 is 0 Å². The molecule has 4 heteroatoms. The number of aryl methyl sites for hydroxylation is 1. The second-order valence-corrected chi connectivity index (χ2v) is 4.83. The van der Waals surface area contributed by atoms with E-state index in [1.807, 2.05) is 12.4 Å². The Morgan fingerprint density at radius 2 is 2.12 bits per heavy atom. The number of nitrogens with zero attached hydrogens (tertiary/aromatic N) is 3. The summed E-state index contributed by atoms with van der Waals surface area (Å²) in [6.45, 7) is 4.97. The Bertz CT molecular complexity index is 340. The van der Waals surface area contributed by atoms with Gasteiger partial charge in [-0.25, -0.2) is 4.98 Å². The summed E-state index contributed by atoms with van der Waals surface area (Å²) in [5.41, 5.74) is -0.551. The van der Waals surface area contributed by atoms with Gasteiger partial charge in [-0.05, 0) is 26.8 Å². The van der Waals surface area contributed by atoms with Crippen molar-refractivity contribution in [2.24, 2.45) is 0 Å². The fourth-order valence-electron chi connectivity index (χ4n) is 2.30. The number of aliphatic hydroxyl groups is 1. The molecule has 0 atom stereocenters. The monoisotopic (exact) mass is 223 g/mol. The zero-order valence-electron chi connectivity index (χ0n) is 10.2. The van der Waals surface area contributed by atoms with Gasteiger partial charge in [-0.1, -0.05) is 0 Å². The summed E-state index contributed by atoms with van der Waals surface area (Å²) < 4.78 is 2.11. The van der Waals surface area contributed by atoms with E-state index in [4.69, 9.17) is 0 Å². The molecule has 2 rings (SSSR count). The molecule has 16 heavy (non-hydrogen) atoms. The molecule has 4 nitrogen and oxygen atoms in total. The number of hydrogen-bond donors (Lipinski definition) is 1. The number of rotatable bonds is 3. The third-order valence-electron chi connectivity index (χ3n) is 3.55. The molecule has 2 heterocycles. The molecule has 0 spiro atoms. The third kappa shape index (κ3) is 2.44. The first-order chi connectivity index (χ1) is 7.63. The van der Waals surface area contributed by atoms with Crippen molar-refractivity contribution in [2.75, 3.05) is 20.1 Å². The Labute approximate surface area is 96.9 Å². The minimum atomic E-state index is -0.551. The van der Waals surface area contributed by atoms with Gasteiger partial charge in [-0.3, -0.25) is 0 Å². The lowest BCUT2D eigenvalue weighted by Crippen LogP contribution is -2.44. The average molecular weight is 223 g/mol. The molecule has 1 aromatic heterocycles. The Kier molecular flexibility index (Phi) is 3.30. The predicted molar refractivity (Wildman–Crippen MR) is 63.3 cm³/mol. The summed E-state index contributed by atoms with van der Waals surface area (Å²) in [6.07, 6.45) is 6.17. The smallest absolute Gasteiger partial charge is 0.111 e. The summed E-state index contributed by atoms with van der Waals surface area (Å²) in [5.74, 6) is 1.01. The van der Waals surface area contributed by atoms with Gasteiger partial charge in [0.25, 0.3) is 0 Å². The molecule has 1 N–H and O–H groups in total. The van der Waals surface area contributed by atoms with Gasteiger partial charge < -0.3 is 14.6 Å². The van der Waals surface area contributed by atoms with Crippen LogP contribution in [-0.2, 0) is 13.0 Å². The van der Waals surface area contributed by atoms with Crippen LogP contribution in [0.15, 0.2) is 12.4 Å². The molecule has 1 fully saturated rings. The Morgan fingerprint density at radius 3 is 2.75 bits per heavy atom. The van der Waals surface area contributed by atoms with E-state index in [-0.39, 0.29) is 0 Å². The molecule has 1 aromatic rings. The Hall–Kier alpha value is -0.870. The lowest BCUT2D eigenvalue weighted by molar-refractivity contribution is -0.0170. The maximum absolute atomic E-state index is 10.5. The molecule has 0 aromatic carbocycles. The summed E-state index contributed by atoms with van der Waals surface area (Å²) in [6, 6.07) is 0. The molecular formula is C12H21N3O. The van der Waals surface area contributed by atoms with Crippen molar-refractivity contribution in [1.82, 2.24) is 14.5 Å². The fourth-order valence-corrected chi connectivity index (χ4v) is 2.30. The van der Waals surface area contributed by atoms with Crippen LogP contribution in [0.4, 0.5) is 0 Å². The summed E-state index contributed by atoms with van der Waals surface area (Å²) >= 11 is 0. The lowest BCUT2D eigenvalue weighted by atomic mass is 9.88. The number of imidazole rings is 1. The summed E-state index contributed by atoms with van der Waals surface area (Å²) in [7, 11) is 2.10.